The molecule has 0 aliphatic carbocycles. The van der Waals surface area contributed by atoms with Crippen molar-refractivity contribution in [1.82, 2.24) is 6.15 Å². The predicted octanol–water partition coefficient (Wildman–Crippen LogP) is 2.48. The van der Waals surface area contributed by atoms with Crippen molar-refractivity contribution < 1.29 is 0 Å². The van der Waals surface area contributed by atoms with Crippen LogP contribution in [0.25, 0.3) is 0 Å². The van der Waals surface area contributed by atoms with E-state index in [4.69, 9.17) is 0 Å². The Morgan fingerprint density at radius 1 is 0.571 bits per heavy atom. The molecule has 2 aromatic rings. The first kappa shape index (κ1) is 10.9. The Hall–Kier alpha value is -1.17. The second kappa shape index (κ2) is 5.54. The molecule has 0 aliphatic heterocycles. The monoisotopic (exact) mass is 203 g/mol. The van der Waals surface area contributed by atoms with Gasteiger partial charge in [0.15, 0.2) is 0 Å². The van der Waals surface area contributed by atoms with Crippen molar-refractivity contribution in [2.45, 2.75) is 0 Å². The van der Waals surface area contributed by atoms with Gasteiger partial charge in [-0.15, -0.1) is 0 Å². The van der Waals surface area contributed by atoms with Crippen LogP contribution in [0, 0.1) is 0 Å². The lowest BCUT2D eigenvalue weighted by molar-refractivity contribution is 1.76. The summed E-state index contributed by atoms with van der Waals surface area (Å²) in [5, 5.41) is 2.79. The third-order valence-electron chi connectivity index (χ3n) is 1.84. The van der Waals surface area contributed by atoms with Gasteiger partial charge in [-0.05, 0) is 10.6 Å². The maximum Gasteiger partial charge on any atom is -0.0226 e. The summed E-state index contributed by atoms with van der Waals surface area (Å²) in [4.78, 5) is 0. The van der Waals surface area contributed by atoms with E-state index in [1.165, 1.54) is 10.6 Å². The van der Waals surface area contributed by atoms with Gasteiger partial charge < -0.3 is 6.15 Å². The molecule has 14 heavy (non-hydrogen) atoms. The Morgan fingerprint density at radius 2 is 0.929 bits per heavy atom. The second-order valence-corrected chi connectivity index (χ2v) is 4.26. The molecule has 0 amide bonds. The summed E-state index contributed by atoms with van der Waals surface area (Å²) in [5.74, 6) is 0. The molecule has 0 saturated carbocycles. The summed E-state index contributed by atoms with van der Waals surface area (Å²) in [7, 11) is 0.777. The molecule has 2 rings (SSSR count). The first-order valence-corrected chi connectivity index (χ1v) is 5.32. The molecular weight excluding hydrogens is 189 g/mol. The minimum Gasteiger partial charge on any atom is -0.344 e. The highest BCUT2D eigenvalue weighted by molar-refractivity contribution is 7.55. The van der Waals surface area contributed by atoms with E-state index in [9.17, 15) is 0 Å². The van der Waals surface area contributed by atoms with Gasteiger partial charge in [0.05, 0.1) is 0 Å². The highest BCUT2D eigenvalue weighted by atomic mass is 31.1. The van der Waals surface area contributed by atoms with Gasteiger partial charge in [-0.25, -0.2) is 0 Å². The fourth-order valence-electron chi connectivity index (χ4n) is 1.21. The fraction of sp³-hybridized carbons (Fsp3) is 0. The first-order chi connectivity index (χ1) is 6.45. The second-order valence-electron chi connectivity index (χ2n) is 2.86. The van der Waals surface area contributed by atoms with Crippen LogP contribution in [-0.2, 0) is 0 Å². The fourth-order valence-corrected chi connectivity index (χ4v) is 2.26. The van der Waals surface area contributed by atoms with Crippen molar-refractivity contribution in [3.05, 3.63) is 60.7 Å². The zero-order chi connectivity index (χ0) is 8.93. The molecule has 0 heterocycles. The lowest BCUT2D eigenvalue weighted by atomic mass is 10.4. The van der Waals surface area contributed by atoms with Gasteiger partial charge in [-0.1, -0.05) is 69.2 Å². The Morgan fingerprint density at radius 3 is 1.29 bits per heavy atom. The molecule has 0 saturated heterocycles. The largest absolute Gasteiger partial charge is 0.344 e. The van der Waals surface area contributed by atoms with Crippen molar-refractivity contribution in [2.24, 2.45) is 0 Å². The van der Waals surface area contributed by atoms with Crippen LogP contribution in [-0.4, -0.2) is 0 Å². The van der Waals surface area contributed by atoms with Crippen LogP contribution in [0.15, 0.2) is 60.7 Å². The van der Waals surface area contributed by atoms with E-state index >= 15 is 0 Å². The number of hydrogen-bond donors (Lipinski definition) is 1. The normalized spacial score (nSPS) is 9.14. The van der Waals surface area contributed by atoms with E-state index in [-0.39, 0.29) is 6.15 Å². The molecule has 2 heteroatoms. The average Bonchev–Trinajstić information content (AvgIpc) is 2.21. The number of benzene rings is 2. The zero-order valence-corrected chi connectivity index (χ0v) is 8.98. The summed E-state index contributed by atoms with van der Waals surface area (Å²) in [6.45, 7) is 0. The zero-order valence-electron chi connectivity index (χ0n) is 7.98. The van der Waals surface area contributed by atoms with Crippen LogP contribution in [0.3, 0.4) is 0 Å². The van der Waals surface area contributed by atoms with Gasteiger partial charge >= 0.3 is 0 Å². The molecule has 2 aromatic carbocycles. The van der Waals surface area contributed by atoms with Crippen molar-refractivity contribution in [1.29, 1.82) is 0 Å². The van der Waals surface area contributed by atoms with Crippen LogP contribution in [0.4, 0.5) is 0 Å². The molecule has 0 unspecified atom stereocenters. The molecule has 0 fully saturated rings. The summed E-state index contributed by atoms with van der Waals surface area (Å²) in [5.41, 5.74) is 0. The molecule has 1 nitrogen and oxygen atoms in total. The van der Waals surface area contributed by atoms with E-state index in [1.54, 1.807) is 0 Å². The Bertz CT molecular complexity index is 321. The maximum absolute atomic E-state index is 2.17. The lowest BCUT2D eigenvalue weighted by Crippen LogP contribution is -2.01. The van der Waals surface area contributed by atoms with E-state index in [2.05, 4.69) is 60.7 Å². The van der Waals surface area contributed by atoms with E-state index in [0.29, 0.717) is 0 Å². The van der Waals surface area contributed by atoms with E-state index in [1.807, 2.05) is 0 Å². The standard InChI is InChI=1S/C12H11P.H3N/c1-3-7-11(8-4-1)13-12-9-5-2-6-10-12;/h1-10,13H;1H3. The molecule has 0 aromatic heterocycles. The van der Waals surface area contributed by atoms with Gasteiger partial charge in [0.1, 0.15) is 0 Å². The van der Waals surface area contributed by atoms with Gasteiger partial charge in [0.2, 0.25) is 0 Å². The highest BCUT2D eigenvalue weighted by Crippen LogP contribution is 2.08. The smallest absolute Gasteiger partial charge is 0.0226 e. The van der Waals surface area contributed by atoms with E-state index < -0.39 is 0 Å². The van der Waals surface area contributed by atoms with Crippen LogP contribution >= 0.6 is 8.58 Å². The van der Waals surface area contributed by atoms with Gasteiger partial charge in [-0.2, -0.15) is 0 Å². The lowest BCUT2D eigenvalue weighted by Gasteiger charge is -2.00. The quantitative estimate of drug-likeness (QED) is 0.747. The van der Waals surface area contributed by atoms with Crippen LogP contribution in [0.1, 0.15) is 0 Å². The highest BCUT2D eigenvalue weighted by Gasteiger charge is 1.92. The Balaban J connectivity index is 0.000000980. The van der Waals surface area contributed by atoms with Crippen molar-refractivity contribution in [2.75, 3.05) is 0 Å². The van der Waals surface area contributed by atoms with E-state index in [0.717, 1.165) is 8.58 Å². The van der Waals surface area contributed by atoms with Gasteiger partial charge in [-0.3, -0.25) is 0 Å². The summed E-state index contributed by atoms with van der Waals surface area (Å²) >= 11 is 0. The van der Waals surface area contributed by atoms with Crippen LogP contribution < -0.4 is 16.8 Å². The molecule has 3 N–H and O–H groups in total. The SMILES string of the molecule is N.c1ccc(Pc2ccccc2)cc1. The van der Waals surface area contributed by atoms with Crippen LogP contribution in [0.5, 0.6) is 0 Å². The Labute approximate surface area is 86.5 Å². The molecule has 72 valence electrons. The molecular formula is C12H14NP. The van der Waals surface area contributed by atoms with Gasteiger partial charge in [0.25, 0.3) is 0 Å². The maximum atomic E-state index is 2.17. The molecule has 0 bridgehead atoms. The summed E-state index contributed by atoms with van der Waals surface area (Å²) in [6, 6.07) is 21.2. The molecule has 0 aliphatic rings. The van der Waals surface area contributed by atoms with Crippen LogP contribution in [0.2, 0.25) is 0 Å². The number of hydrogen-bond acceptors (Lipinski definition) is 1. The van der Waals surface area contributed by atoms with Gasteiger partial charge in [0, 0.05) is 0 Å². The predicted molar refractivity (Wildman–Crippen MR) is 65.5 cm³/mol. The minimum absolute atomic E-state index is 0. The van der Waals surface area contributed by atoms with Crippen molar-refractivity contribution in [3.8, 4) is 0 Å². The molecule has 0 radical (unpaired) electrons. The number of rotatable bonds is 2. The van der Waals surface area contributed by atoms with Crippen molar-refractivity contribution >= 4 is 19.2 Å². The third-order valence-corrected chi connectivity index (χ3v) is 3.08. The Kier molecular flexibility index (Phi) is 4.31. The first-order valence-electron chi connectivity index (χ1n) is 4.32. The third kappa shape index (κ3) is 2.95. The summed E-state index contributed by atoms with van der Waals surface area (Å²) in [6.07, 6.45) is 0. The summed E-state index contributed by atoms with van der Waals surface area (Å²) < 4.78 is 0. The topological polar surface area (TPSA) is 35.0 Å². The average molecular weight is 203 g/mol. The molecule has 0 spiro atoms. The molecule has 0 atom stereocenters. The minimum atomic E-state index is 0. The van der Waals surface area contributed by atoms with Crippen molar-refractivity contribution in [3.63, 3.8) is 0 Å².